The summed E-state index contributed by atoms with van der Waals surface area (Å²) in [6, 6.07) is 8.03. The Bertz CT molecular complexity index is 625. The van der Waals surface area contributed by atoms with Crippen molar-refractivity contribution < 1.29 is 17.6 Å². The summed E-state index contributed by atoms with van der Waals surface area (Å²) < 4.78 is 52.5. The molecule has 6 heteroatoms. The van der Waals surface area contributed by atoms with E-state index in [0.717, 1.165) is 6.07 Å². The number of nitrogens with two attached hydrogens (primary N) is 1. The summed E-state index contributed by atoms with van der Waals surface area (Å²) in [5, 5.41) is 0. The smallest absolute Gasteiger partial charge is 0.320 e. The number of rotatable bonds is 2. The molecule has 0 spiro atoms. The lowest BCUT2D eigenvalue weighted by molar-refractivity contribution is -0.138. The number of benzene rings is 2. The van der Waals surface area contributed by atoms with Crippen LogP contribution in [-0.2, 0) is 6.18 Å². The second-order valence-electron chi connectivity index (χ2n) is 4.23. The Morgan fingerprint density at radius 3 is 2.25 bits per heavy atom. The third kappa shape index (κ3) is 3.12. The van der Waals surface area contributed by atoms with Gasteiger partial charge < -0.3 is 5.73 Å². The molecule has 0 radical (unpaired) electrons. The molecule has 1 atom stereocenters. The largest absolute Gasteiger partial charge is 0.416 e. The fourth-order valence-corrected chi connectivity index (χ4v) is 2.76. The first-order valence-corrected chi connectivity index (χ1v) is 6.75. The summed E-state index contributed by atoms with van der Waals surface area (Å²) in [5.41, 5.74) is 5.60. The van der Waals surface area contributed by atoms with Crippen LogP contribution in [-0.4, -0.2) is 0 Å². The molecule has 1 nitrogen and oxygen atoms in total. The summed E-state index contributed by atoms with van der Waals surface area (Å²) in [5.74, 6) is -0.450. The highest BCUT2D eigenvalue weighted by molar-refractivity contribution is 14.1. The van der Waals surface area contributed by atoms with Crippen molar-refractivity contribution in [3.8, 4) is 0 Å². The molecule has 20 heavy (non-hydrogen) atoms. The summed E-state index contributed by atoms with van der Waals surface area (Å²) >= 11 is 1.86. The SMILES string of the molecule is NC(c1ccc(F)cc1I)c1ccccc1C(F)(F)F. The lowest BCUT2D eigenvalue weighted by Gasteiger charge is -2.19. The molecule has 0 aliphatic carbocycles. The Balaban J connectivity index is 2.51. The second-order valence-corrected chi connectivity index (χ2v) is 5.39. The van der Waals surface area contributed by atoms with Gasteiger partial charge in [0.05, 0.1) is 11.6 Å². The van der Waals surface area contributed by atoms with Gasteiger partial charge in [-0.25, -0.2) is 4.39 Å². The monoisotopic (exact) mass is 395 g/mol. The van der Waals surface area contributed by atoms with Crippen LogP contribution in [0.4, 0.5) is 17.6 Å². The zero-order valence-electron chi connectivity index (χ0n) is 10.1. The molecule has 0 fully saturated rings. The molecule has 2 aromatic rings. The Morgan fingerprint density at radius 1 is 1.00 bits per heavy atom. The van der Waals surface area contributed by atoms with Gasteiger partial charge in [-0.15, -0.1) is 0 Å². The Kier molecular flexibility index (Phi) is 4.33. The van der Waals surface area contributed by atoms with Gasteiger partial charge in [0.15, 0.2) is 0 Å². The van der Waals surface area contributed by atoms with Crippen molar-refractivity contribution in [3.05, 3.63) is 68.5 Å². The van der Waals surface area contributed by atoms with Crippen LogP contribution in [0.2, 0.25) is 0 Å². The van der Waals surface area contributed by atoms with E-state index >= 15 is 0 Å². The molecule has 0 saturated heterocycles. The van der Waals surface area contributed by atoms with Gasteiger partial charge in [-0.05, 0) is 51.9 Å². The number of hydrogen-bond acceptors (Lipinski definition) is 1. The molecular formula is C14H10F4IN. The van der Waals surface area contributed by atoms with E-state index < -0.39 is 23.6 Å². The van der Waals surface area contributed by atoms with Crippen molar-refractivity contribution in [1.82, 2.24) is 0 Å². The topological polar surface area (TPSA) is 26.0 Å². The standard InChI is InChI=1S/C14H10F4IN/c15-8-5-6-10(12(19)7-8)13(20)9-3-1-2-4-11(9)14(16,17)18/h1-7,13H,20H2. The molecule has 2 aromatic carbocycles. The van der Waals surface area contributed by atoms with Gasteiger partial charge in [-0.2, -0.15) is 13.2 Å². The van der Waals surface area contributed by atoms with E-state index in [0.29, 0.717) is 9.13 Å². The molecule has 0 amide bonds. The average molecular weight is 395 g/mol. The van der Waals surface area contributed by atoms with Gasteiger partial charge >= 0.3 is 6.18 Å². The normalized spacial score (nSPS) is 13.3. The van der Waals surface area contributed by atoms with E-state index in [1.807, 2.05) is 22.6 Å². The van der Waals surface area contributed by atoms with Gasteiger partial charge in [-0.3, -0.25) is 0 Å². The zero-order chi connectivity index (χ0) is 14.9. The molecule has 106 valence electrons. The Hall–Kier alpha value is -1.15. The fourth-order valence-electron chi connectivity index (χ4n) is 1.95. The quantitative estimate of drug-likeness (QED) is 0.589. The average Bonchev–Trinajstić information content (AvgIpc) is 2.37. The highest BCUT2D eigenvalue weighted by Crippen LogP contribution is 2.36. The van der Waals surface area contributed by atoms with Crippen molar-refractivity contribution in [2.45, 2.75) is 12.2 Å². The maximum absolute atomic E-state index is 13.1. The third-order valence-electron chi connectivity index (χ3n) is 2.90. The zero-order valence-corrected chi connectivity index (χ0v) is 12.2. The van der Waals surface area contributed by atoms with Crippen LogP contribution < -0.4 is 5.73 Å². The fraction of sp³-hybridized carbons (Fsp3) is 0.143. The molecule has 2 N–H and O–H groups in total. The van der Waals surface area contributed by atoms with Crippen molar-refractivity contribution in [2.24, 2.45) is 5.73 Å². The lowest BCUT2D eigenvalue weighted by Crippen LogP contribution is -2.19. The second kappa shape index (κ2) is 5.69. The molecular weight excluding hydrogens is 385 g/mol. The van der Waals surface area contributed by atoms with E-state index in [2.05, 4.69) is 0 Å². The predicted molar refractivity (Wildman–Crippen MR) is 76.6 cm³/mol. The number of hydrogen-bond donors (Lipinski definition) is 1. The Labute approximate surface area is 126 Å². The maximum Gasteiger partial charge on any atom is 0.416 e. The molecule has 1 unspecified atom stereocenters. The molecule has 2 rings (SSSR count). The van der Waals surface area contributed by atoms with Gasteiger partial charge in [0, 0.05) is 3.57 Å². The molecule has 0 aromatic heterocycles. The minimum atomic E-state index is -4.47. The third-order valence-corrected chi connectivity index (χ3v) is 3.83. The van der Waals surface area contributed by atoms with Crippen molar-refractivity contribution in [3.63, 3.8) is 0 Å². The molecule has 0 aliphatic rings. The van der Waals surface area contributed by atoms with Gasteiger partial charge in [-0.1, -0.05) is 24.3 Å². The first-order valence-electron chi connectivity index (χ1n) is 5.67. The minimum Gasteiger partial charge on any atom is -0.320 e. The first kappa shape index (κ1) is 15.2. The van der Waals surface area contributed by atoms with Crippen LogP contribution in [0.1, 0.15) is 22.7 Å². The van der Waals surface area contributed by atoms with E-state index in [-0.39, 0.29) is 5.56 Å². The van der Waals surface area contributed by atoms with Gasteiger partial charge in [0.25, 0.3) is 0 Å². The first-order chi connectivity index (χ1) is 9.30. The van der Waals surface area contributed by atoms with Crippen LogP contribution in [0.15, 0.2) is 42.5 Å². The summed E-state index contributed by atoms with van der Waals surface area (Å²) in [4.78, 5) is 0. The van der Waals surface area contributed by atoms with Crippen molar-refractivity contribution >= 4 is 22.6 Å². The van der Waals surface area contributed by atoms with Crippen molar-refractivity contribution in [2.75, 3.05) is 0 Å². The van der Waals surface area contributed by atoms with Crippen LogP contribution in [0.5, 0.6) is 0 Å². The van der Waals surface area contributed by atoms with E-state index in [9.17, 15) is 17.6 Å². The van der Waals surface area contributed by atoms with E-state index in [1.165, 1.54) is 36.4 Å². The van der Waals surface area contributed by atoms with E-state index in [4.69, 9.17) is 5.73 Å². The maximum atomic E-state index is 13.1. The predicted octanol–water partition coefficient (Wildman–Crippen LogP) is 4.50. The van der Waals surface area contributed by atoms with Crippen LogP contribution in [0.3, 0.4) is 0 Å². The molecule has 0 saturated carbocycles. The van der Waals surface area contributed by atoms with Gasteiger partial charge in [0.2, 0.25) is 0 Å². The summed E-state index contributed by atoms with van der Waals surface area (Å²) in [6.07, 6.45) is -4.47. The Morgan fingerprint density at radius 2 is 1.65 bits per heavy atom. The van der Waals surface area contributed by atoms with E-state index in [1.54, 1.807) is 0 Å². The van der Waals surface area contributed by atoms with Crippen LogP contribution in [0.25, 0.3) is 0 Å². The lowest BCUT2D eigenvalue weighted by atomic mass is 9.95. The van der Waals surface area contributed by atoms with Crippen LogP contribution >= 0.6 is 22.6 Å². The number of halogens is 5. The summed E-state index contributed by atoms with van der Waals surface area (Å²) in [7, 11) is 0. The molecule has 0 aliphatic heterocycles. The number of alkyl halides is 3. The van der Waals surface area contributed by atoms with Gasteiger partial charge in [0.1, 0.15) is 5.82 Å². The summed E-state index contributed by atoms with van der Waals surface area (Å²) in [6.45, 7) is 0. The highest BCUT2D eigenvalue weighted by Gasteiger charge is 2.34. The van der Waals surface area contributed by atoms with Crippen molar-refractivity contribution in [1.29, 1.82) is 0 Å². The molecule has 0 heterocycles. The van der Waals surface area contributed by atoms with Crippen LogP contribution in [0, 0.1) is 9.39 Å². The highest BCUT2D eigenvalue weighted by atomic mass is 127. The molecule has 0 bridgehead atoms. The minimum absolute atomic E-state index is 0.0236.